The van der Waals surface area contributed by atoms with Crippen molar-refractivity contribution in [1.82, 2.24) is 9.13 Å². The van der Waals surface area contributed by atoms with Crippen molar-refractivity contribution in [3.05, 3.63) is 65.0 Å². The van der Waals surface area contributed by atoms with Crippen molar-refractivity contribution in [2.75, 3.05) is 12.8 Å². The van der Waals surface area contributed by atoms with Gasteiger partial charge >= 0.3 is 5.69 Å². The molecule has 25 heavy (non-hydrogen) atoms. The van der Waals surface area contributed by atoms with Gasteiger partial charge in [-0.15, -0.1) is 0 Å². The van der Waals surface area contributed by atoms with Gasteiger partial charge in [-0.1, -0.05) is 12.1 Å². The molecule has 0 bridgehead atoms. The Kier molecular flexibility index (Phi) is 5.29. The van der Waals surface area contributed by atoms with Crippen LogP contribution >= 0.6 is 0 Å². The molecule has 2 N–H and O–H groups in total. The number of carbonyl (C=O) groups is 1. The number of methoxy groups -OCH3 is 1. The lowest BCUT2D eigenvalue weighted by molar-refractivity contribution is -0.00000693. The summed E-state index contributed by atoms with van der Waals surface area (Å²) in [5, 5.41) is 0. The second-order valence-electron chi connectivity index (χ2n) is 5.08. The highest BCUT2D eigenvalue weighted by molar-refractivity contribution is 5.67. The predicted octanol–water partition coefficient (Wildman–Crippen LogP) is -0.922. The number of imidazole rings is 1. The highest BCUT2D eigenvalue weighted by Crippen LogP contribution is 2.27. The van der Waals surface area contributed by atoms with E-state index in [9.17, 15) is 14.0 Å². The van der Waals surface area contributed by atoms with Crippen molar-refractivity contribution in [2.24, 2.45) is 0 Å². The summed E-state index contributed by atoms with van der Waals surface area (Å²) in [6.45, 7) is 0. The average molecular weight is 363 g/mol. The van der Waals surface area contributed by atoms with Crippen molar-refractivity contribution in [1.29, 1.82) is 0 Å². The van der Waals surface area contributed by atoms with E-state index in [-0.39, 0.29) is 12.4 Å². The third-order valence-corrected chi connectivity index (χ3v) is 3.62. The first-order chi connectivity index (χ1) is 11.5. The van der Waals surface area contributed by atoms with E-state index in [0.29, 0.717) is 34.8 Å². The summed E-state index contributed by atoms with van der Waals surface area (Å²) in [4.78, 5) is 23.6. The number of carbonyl (C=O) groups excluding carboxylic acids is 1. The Morgan fingerprint density at radius 3 is 2.56 bits per heavy atom. The van der Waals surface area contributed by atoms with Crippen LogP contribution < -0.4 is 28.6 Å². The molecule has 0 fully saturated rings. The molecule has 2 aromatic carbocycles. The summed E-state index contributed by atoms with van der Waals surface area (Å²) in [5.74, 6) is 0.0218. The molecule has 0 amide bonds. The lowest BCUT2D eigenvalue weighted by atomic mass is 10.1. The fourth-order valence-corrected chi connectivity index (χ4v) is 2.50. The number of hydrogen-bond acceptors (Lipinski definition) is 4. The molecule has 0 spiro atoms. The van der Waals surface area contributed by atoms with Crippen molar-refractivity contribution in [2.45, 2.75) is 0 Å². The van der Waals surface area contributed by atoms with Gasteiger partial charge in [0.05, 0.1) is 24.2 Å². The van der Waals surface area contributed by atoms with E-state index in [1.54, 1.807) is 24.3 Å². The van der Waals surface area contributed by atoms with E-state index in [4.69, 9.17) is 10.5 Å². The van der Waals surface area contributed by atoms with E-state index in [1.807, 2.05) is 0 Å². The van der Waals surface area contributed by atoms with Crippen LogP contribution in [0.2, 0.25) is 0 Å². The van der Waals surface area contributed by atoms with Crippen LogP contribution in [-0.4, -0.2) is 22.7 Å². The van der Waals surface area contributed by atoms with Gasteiger partial charge in [0, 0.05) is 11.8 Å². The highest BCUT2D eigenvalue weighted by atomic mass is 35.5. The molecule has 0 atom stereocenters. The molecule has 1 aromatic heterocycles. The maximum absolute atomic E-state index is 13.5. The quantitative estimate of drug-likeness (QED) is 0.481. The summed E-state index contributed by atoms with van der Waals surface area (Å²) in [5.41, 5.74) is 6.93. The minimum absolute atomic E-state index is 0. The Labute approximate surface area is 148 Å². The van der Waals surface area contributed by atoms with Gasteiger partial charge in [0.2, 0.25) is 6.41 Å². The molecule has 0 unspecified atom stereocenters. The molecule has 6 nitrogen and oxygen atoms in total. The van der Waals surface area contributed by atoms with E-state index in [0.717, 1.165) is 4.57 Å². The number of rotatable bonds is 4. The molecule has 8 heteroatoms. The van der Waals surface area contributed by atoms with Gasteiger partial charge in [0.15, 0.2) is 0 Å². The first-order valence-electron chi connectivity index (χ1n) is 7.04. The summed E-state index contributed by atoms with van der Waals surface area (Å²) >= 11 is 0. The summed E-state index contributed by atoms with van der Waals surface area (Å²) in [7, 11) is 1.48. The predicted molar refractivity (Wildman–Crippen MR) is 88.5 cm³/mol. The van der Waals surface area contributed by atoms with E-state index in [1.165, 1.54) is 36.1 Å². The third-order valence-electron chi connectivity index (χ3n) is 3.62. The fourth-order valence-electron chi connectivity index (χ4n) is 2.50. The number of benzene rings is 2. The second-order valence-corrected chi connectivity index (χ2v) is 5.08. The minimum atomic E-state index is -0.575. The van der Waals surface area contributed by atoms with Gasteiger partial charge in [-0.05, 0) is 30.3 Å². The molecule has 1 heterocycles. The van der Waals surface area contributed by atoms with Gasteiger partial charge in [0.1, 0.15) is 11.6 Å². The first-order valence-corrected chi connectivity index (χ1v) is 7.04. The molecule has 3 aromatic rings. The second kappa shape index (κ2) is 7.23. The van der Waals surface area contributed by atoms with Crippen LogP contribution in [0, 0.1) is 5.82 Å². The number of ether oxygens (including phenoxy) is 1. The Hall–Kier alpha value is -3.06. The molecular formula is C17H14ClFN3O3-. The maximum atomic E-state index is 13.5. The Bertz CT molecular complexity index is 982. The van der Waals surface area contributed by atoms with Gasteiger partial charge in [-0.25, -0.2) is 13.8 Å². The molecule has 0 aliphatic carbocycles. The van der Waals surface area contributed by atoms with Crippen molar-refractivity contribution in [3.63, 3.8) is 0 Å². The Morgan fingerprint density at radius 2 is 1.96 bits per heavy atom. The SMILES string of the molecule is COc1ccc(-n2c(-c3cccc(F)c3)cn(C=O)c2=O)cc1N.[Cl-]. The highest BCUT2D eigenvalue weighted by Gasteiger charge is 2.16. The van der Waals surface area contributed by atoms with Crippen LogP contribution in [0.5, 0.6) is 5.75 Å². The largest absolute Gasteiger partial charge is 1.00 e. The number of nitrogen functional groups attached to an aromatic ring is 1. The maximum Gasteiger partial charge on any atom is 0.339 e. The number of halogens is 2. The molecule has 0 saturated carbocycles. The molecule has 130 valence electrons. The molecule has 0 aliphatic heterocycles. The van der Waals surface area contributed by atoms with Gasteiger partial charge < -0.3 is 22.9 Å². The van der Waals surface area contributed by atoms with Gasteiger partial charge in [-0.3, -0.25) is 9.36 Å². The number of aromatic nitrogens is 2. The normalized spacial score (nSPS) is 10.2. The van der Waals surface area contributed by atoms with Crippen LogP contribution in [0.15, 0.2) is 53.5 Å². The Balaban J connectivity index is 0.00000225. The minimum Gasteiger partial charge on any atom is -1.00 e. The topological polar surface area (TPSA) is 79.2 Å². The number of hydrogen-bond donors (Lipinski definition) is 1. The molecule has 0 saturated heterocycles. The Morgan fingerprint density at radius 1 is 1.20 bits per heavy atom. The molecule has 3 rings (SSSR count). The van der Waals surface area contributed by atoms with Crippen molar-refractivity contribution in [3.8, 4) is 22.7 Å². The molecule has 0 radical (unpaired) electrons. The molecular weight excluding hydrogens is 349 g/mol. The zero-order valence-corrected chi connectivity index (χ0v) is 13.9. The van der Waals surface area contributed by atoms with E-state index < -0.39 is 11.5 Å². The lowest BCUT2D eigenvalue weighted by Gasteiger charge is -2.10. The summed E-state index contributed by atoms with van der Waals surface area (Å²) in [6.07, 6.45) is 1.75. The number of nitrogens with two attached hydrogens (primary N) is 1. The van der Waals surface area contributed by atoms with E-state index >= 15 is 0 Å². The van der Waals surface area contributed by atoms with Crippen LogP contribution in [0.1, 0.15) is 0 Å². The first kappa shape index (κ1) is 18.3. The fraction of sp³-hybridized carbons (Fsp3) is 0.0588. The average Bonchev–Trinajstić information content (AvgIpc) is 2.91. The van der Waals surface area contributed by atoms with Crippen molar-refractivity contribution >= 4 is 12.1 Å². The number of anilines is 1. The smallest absolute Gasteiger partial charge is 0.339 e. The zero-order valence-electron chi connectivity index (χ0n) is 13.1. The number of nitrogens with zero attached hydrogens (tertiary/aromatic N) is 2. The standard InChI is InChI=1S/C17H14FN3O3.ClH/c1-24-16-6-5-13(8-14(16)19)21-15(9-20(10-22)17(21)23)11-3-2-4-12(18)7-11;/h2-10H,19H2,1H3;1H/p-1. The van der Waals surface area contributed by atoms with Crippen molar-refractivity contribution < 1.29 is 26.3 Å². The third kappa shape index (κ3) is 3.27. The van der Waals surface area contributed by atoms with Crippen LogP contribution in [0.4, 0.5) is 10.1 Å². The van der Waals surface area contributed by atoms with Gasteiger partial charge in [-0.2, -0.15) is 0 Å². The molecule has 0 aliphatic rings. The monoisotopic (exact) mass is 362 g/mol. The van der Waals surface area contributed by atoms with E-state index in [2.05, 4.69) is 0 Å². The van der Waals surface area contributed by atoms with Gasteiger partial charge in [0.25, 0.3) is 0 Å². The lowest BCUT2D eigenvalue weighted by Crippen LogP contribution is -3.00. The van der Waals surface area contributed by atoms with Crippen LogP contribution in [-0.2, 0) is 4.79 Å². The van der Waals surface area contributed by atoms with Crippen LogP contribution in [0.25, 0.3) is 16.9 Å². The van der Waals surface area contributed by atoms with Crippen LogP contribution in [0.3, 0.4) is 0 Å². The zero-order chi connectivity index (χ0) is 17.3. The summed E-state index contributed by atoms with van der Waals surface area (Å²) < 4.78 is 20.8. The summed E-state index contributed by atoms with van der Waals surface area (Å²) in [6, 6.07) is 10.6.